The molecule has 1 saturated carbocycles. The predicted octanol–water partition coefficient (Wildman–Crippen LogP) is 2.76. The third kappa shape index (κ3) is 4.94. The molecule has 2 fully saturated rings. The largest absolute Gasteiger partial charge is 0.314 e. The van der Waals surface area contributed by atoms with Gasteiger partial charge in [-0.1, -0.05) is 25.7 Å². The summed E-state index contributed by atoms with van der Waals surface area (Å²) < 4.78 is 0. The second-order valence-corrected chi connectivity index (χ2v) is 5.78. The van der Waals surface area contributed by atoms with E-state index < -0.39 is 0 Å². The maximum absolute atomic E-state index is 5.76. The van der Waals surface area contributed by atoms with Crippen LogP contribution < -0.4 is 10.8 Å². The Kier molecular flexibility index (Phi) is 5.75. The molecule has 2 rings (SSSR count). The Balaban J connectivity index is 1.59. The summed E-state index contributed by atoms with van der Waals surface area (Å²) in [6.07, 6.45) is 12.3. The summed E-state index contributed by atoms with van der Waals surface area (Å²) in [4.78, 5) is 5.76. The minimum absolute atomic E-state index is 0.464. The second kappa shape index (κ2) is 7.34. The molecule has 1 heterocycles. The monoisotopic (exact) mass is 240 g/mol. The molecule has 0 aromatic carbocycles. The Hall–Kier alpha value is -0.120. The highest BCUT2D eigenvalue weighted by Crippen LogP contribution is 2.20. The molecule has 3 heteroatoms. The van der Waals surface area contributed by atoms with E-state index in [1.165, 1.54) is 64.3 Å². The number of hydrogen-bond donors (Lipinski definition) is 2. The molecule has 0 spiro atoms. The van der Waals surface area contributed by atoms with E-state index in [1.807, 2.05) is 0 Å². The van der Waals surface area contributed by atoms with Crippen LogP contribution in [0.25, 0.3) is 0 Å². The van der Waals surface area contributed by atoms with Gasteiger partial charge in [0, 0.05) is 12.1 Å². The van der Waals surface area contributed by atoms with E-state index in [9.17, 15) is 0 Å². The Morgan fingerprint density at radius 2 is 1.88 bits per heavy atom. The van der Waals surface area contributed by atoms with Crippen molar-refractivity contribution in [3.05, 3.63) is 0 Å². The lowest BCUT2D eigenvalue weighted by Crippen LogP contribution is -2.38. The molecule has 0 bridgehead atoms. The lowest BCUT2D eigenvalue weighted by Gasteiger charge is -2.22. The van der Waals surface area contributed by atoms with Crippen molar-refractivity contribution in [3.63, 3.8) is 0 Å². The van der Waals surface area contributed by atoms with Crippen LogP contribution >= 0.6 is 0 Å². The van der Waals surface area contributed by atoms with E-state index >= 15 is 0 Å². The van der Waals surface area contributed by atoms with Gasteiger partial charge in [0.1, 0.15) is 0 Å². The molecule has 3 nitrogen and oxygen atoms in total. The molecule has 2 unspecified atom stereocenters. The molecule has 0 amide bonds. The molecular weight excluding hydrogens is 212 g/mol. The van der Waals surface area contributed by atoms with Crippen LogP contribution in [0.1, 0.15) is 64.7 Å². The highest BCUT2D eigenvalue weighted by molar-refractivity contribution is 4.75. The summed E-state index contributed by atoms with van der Waals surface area (Å²) in [7, 11) is 0. The van der Waals surface area contributed by atoms with Gasteiger partial charge in [-0.25, -0.2) is 0 Å². The zero-order chi connectivity index (χ0) is 11.9. The molecule has 2 N–H and O–H groups in total. The van der Waals surface area contributed by atoms with Gasteiger partial charge in [0.05, 0.1) is 6.10 Å². The van der Waals surface area contributed by atoms with Crippen molar-refractivity contribution >= 4 is 0 Å². The highest BCUT2D eigenvalue weighted by atomic mass is 16.7. The Bertz CT molecular complexity index is 196. The van der Waals surface area contributed by atoms with Crippen molar-refractivity contribution in [3.8, 4) is 0 Å². The van der Waals surface area contributed by atoms with Gasteiger partial charge < -0.3 is 5.32 Å². The topological polar surface area (TPSA) is 33.3 Å². The van der Waals surface area contributed by atoms with Gasteiger partial charge in [0.15, 0.2) is 0 Å². The fourth-order valence-electron chi connectivity index (χ4n) is 3.00. The zero-order valence-corrected chi connectivity index (χ0v) is 11.2. The van der Waals surface area contributed by atoms with Crippen LogP contribution in [0.2, 0.25) is 0 Å². The first-order chi connectivity index (χ1) is 8.34. The molecule has 2 aliphatic rings. The molecule has 0 radical (unpaired) electrons. The first-order valence-electron chi connectivity index (χ1n) is 7.49. The average molecular weight is 240 g/mol. The lowest BCUT2D eigenvalue weighted by molar-refractivity contribution is -0.0397. The van der Waals surface area contributed by atoms with Gasteiger partial charge in [-0.15, -0.1) is 0 Å². The minimum atomic E-state index is 0.464. The fourth-order valence-corrected chi connectivity index (χ4v) is 3.00. The van der Waals surface area contributed by atoms with Crippen LogP contribution in [0.15, 0.2) is 0 Å². The van der Waals surface area contributed by atoms with Crippen LogP contribution in [0.3, 0.4) is 0 Å². The maximum Gasteiger partial charge on any atom is 0.0790 e. The van der Waals surface area contributed by atoms with Gasteiger partial charge >= 0.3 is 0 Å². The quantitative estimate of drug-likeness (QED) is 0.725. The molecular formula is C14H28N2O. The second-order valence-electron chi connectivity index (χ2n) is 5.78. The molecule has 100 valence electrons. The molecule has 17 heavy (non-hydrogen) atoms. The van der Waals surface area contributed by atoms with Crippen LogP contribution in [-0.2, 0) is 4.84 Å². The van der Waals surface area contributed by atoms with E-state index in [2.05, 4.69) is 17.7 Å². The number of hydrogen-bond acceptors (Lipinski definition) is 3. The van der Waals surface area contributed by atoms with E-state index in [0.717, 1.165) is 0 Å². The van der Waals surface area contributed by atoms with Crippen LogP contribution in [-0.4, -0.2) is 24.7 Å². The standard InChI is InChI=1S/C14H28N2O/c1-12(16-17-14-8-4-5-9-14)11-13-7-3-2-6-10-15-13/h12-16H,2-11H2,1H3. The van der Waals surface area contributed by atoms with Crippen LogP contribution in [0.5, 0.6) is 0 Å². The highest BCUT2D eigenvalue weighted by Gasteiger charge is 2.18. The van der Waals surface area contributed by atoms with Crippen LogP contribution in [0.4, 0.5) is 0 Å². The summed E-state index contributed by atoms with van der Waals surface area (Å²) in [5.74, 6) is 0. The van der Waals surface area contributed by atoms with Gasteiger partial charge in [0.2, 0.25) is 0 Å². The van der Waals surface area contributed by atoms with Crippen molar-refractivity contribution in [1.29, 1.82) is 0 Å². The molecule has 0 aromatic heterocycles. The Morgan fingerprint density at radius 3 is 2.71 bits per heavy atom. The third-order valence-corrected chi connectivity index (χ3v) is 4.04. The summed E-state index contributed by atoms with van der Waals surface area (Å²) >= 11 is 0. The number of hydroxylamine groups is 1. The average Bonchev–Trinajstić information content (AvgIpc) is 2.72. The fraction of sp³-hybridized carbons (Fsp3) is 1.00. The summed E-state index contributed by atoms with van der Waals surface area (Å²) in [5, 5.41) is 3.64. The Morgan fingerprint density at radius 1 is 1.12 bits per heavy atom. The van der Waals surface area contributed by atoms with Gasteiger partial charge in [-0.3, -0.25) is 4.84 Å². The van der Waals surface area contributed by atoms with Gasteiger partial charge in [-0.05, 0) is 45.6 Å². The van der Waals surface area contributed by atoms with Gasteiger partial charge in [-0.2, -0.15) is 5.48 Å². The molecule has 0 aromatic rings. The van der Waals surface area contributed by atoms with E-state index in [1.54, 1.807) is 0 Å². The van der Waals surface area contributed by atoms with Gasteiger partial charge in [0.25, 0.3) is 0 Å². The SMILES string of the molecule is CC(CC1CCCCCN1)NOC1CCCC1. The van der Waals surface area contributed by atoms with E-state index in [4.69, 9.17) is 4.84 Å². The van der Waals surface area contributed by atoms with Crippen molar-refractivity contribution in [2.75, 3.05) is 6.54 Å². The molecule has 1 saturated heterocycles. The van der Waals surface area contributed by atoms with Crippen molar-refractivity contribution in [2.45, 2.75) is 82.9 Å². The minimum Gasteiger partial charge on any atom is -0.314 e. The molecule has 2 atom stereocenters. The Labute approximate surface area is 106 Å². The maximum atomic E-state index is 5.76. The normalized spacial score (nSPS) is 29.1. The zero-order valence-electron chi connectivity index (χ0n) is 11.2. The number of nitrogens with one attached hydrogen (secondary N) is 2. The van der Waals surface area contributed by atoms with E-state index in [0.29, 0.717) is 18.2 Å². The molecule has 1 aliphatic carbocycles. The summed E-state index contributed by atoms with van der Waals surface area (Å²) in [6.45, 7) is 3.43. The predicted molar refractivity (Wildman–Crippen MR) is 70.8 cm³/mol. The van der Waals surface area contributed by atoms with E-state index in [-0.39, 0.29) is 0 Å². The first-order valence-corrected chi connectivity index (χ1v) is 7.49. The third-order valence-electron chi connectivity index (χ3n) is 4.04. The van der Waals surface area contributed by atoms with Crippen LogP contribution in [0, 0.1) is 0 Å². The first kappa shape index (κ1) is 13.3. The summed E-state index contributed by atoms with van der Waals surface area (Å²) in [6, 6.07) is 1.15. The summed E-state index contributed by atoms with van der Waals surface area (Å²) in [5.41, 5.74) is 3.25. The lowest BCUT2D eigenvalue weighted by atomic mass is 10.0. The van der Waals surface area contributed by atoms with Crippen molar-refractivity contribution < 1.29 is 4.84 Å². The van der Waals surface area contributed by atoms with Crippen molar-refractivity contribution in [1.82, 2.24) is 10.8 Å². The number of rotatable bonds is 5. The molecule has 1 aliphatic heterocycles. The smallest absolute Gasteiger partial charge is 0.0790 e. The van der Waals surface area contributed by atoms with Crippen molar-refractivity contribution in [2.24, 2.45) is 0 Å².